The van der Waals surface area contributed by atoms with E-state index in [1.807, 2.05) is 14.1 Å². The van der Waals surface area contributed by atoms with E-state index in [2.05, 4.69) is 29.2 Å². The molecule has 0 spiro atoms. The van der Waals surface area contributed by atoms with Crippen molar-refractivity contribution in [3.05, 3.63) is 29.8 Å². The van der Waals surface area contributed by atoms with Gasteiger partial charge in [0, 0.05) is 26.4 Å². The molecule has 15 heavy (non-hydrogen) atoms. The Morgan fingerprint density at radius 3 is 2.40 bits per heavy atom. The topological polar surface area (TPSA) is 38.5 Å². The number of ether oxygens (including phenoxy) is 1. The van der Waals surface area contributed by atoms with Crippen LogP contribution < -0.4 is 10.6 Å². The third-order valence-corrected chi connectivity index (χ3v) is 2.21. The van der Waals surface area contributed by atoms with Gasteiger partial charge in [0.05, 0.1) is 6.61 Å². The van der Waals surface area contributed by atoms with Crippen molar-refractivity contribution < 1.29 is 4.74 Å². The quantitative estimate of drug-likeness (QED) is 0.722. The molecule has 1 aromatic carbocycles. The summed E-state index contributed by atoms with van der Waals surface area (Å²) in [7, 11) is 4.07. The van der Waals surface area contributed by atoms with Crippen LogP contribution in [-0.2, 0) is 11.3 Å². The third kappa shape index (κ3) is 4.32. The fourth-order valence-electron chi connectivity index (χ4n) is 1.27. The highest BCUT2D eigenvalue weighted by atomic mass is 16.5. The van der Waals surface area contributed by atoms with Crippen molar-refractivity contribution in [2.75, 3.05) is 32.1 Å². The van der Waals surface area contributed by atoms with Gasteiger partial charge in [0.1, 0.15) is 0 Å². The van der Waals surface area contributed by atoms with Gasteiger partial charge in [-0.25, -0.2) is 0 Å². The van der Waals surface area contributed by atoms with Gasteiger partial charge in [-0.3, -0.25) is 0 Å². The van der Waals surface area contributed by atoms with E-state index < -0.39 is 0 Å². The van der Waals surface area contributed by atoms with Gasteiger partial charge in [-0.1, -0.05) is 12.1 Å². The summed E-state index contributed by atoms with van der Waals surface area (Å²) in [4.78, 5) is 2.08. The van der Waals surface area contributed by atoms with Gasteiger partial charge in [0.15, 0.2) is 0 Å². The predicted octanol–water partition coefficient (Wildman–Crippen LogP) is 1.62. The lowest BCUT2D eigenvalue weighted by Gasteiger charge is -2.12. The van der Waals surface area contributed by atoms with Crippen LogP contribution in [0.15, 0.2) is 24.3 Å². The summed E-state index contributed by atoms with van der Waals surface area (Å²) in [6.45, 7) is 2.11. The number of rotatable bonds is 6. The number of hydrogen-bond acceptors (Lipinski definition) is 3. The number of benzene rings is 1. The van der Waals surface area contributed by atoms with Crippen LogP contribution in [0.1, 0.15) is 12.0 Å². The first-order chi connectivity index (χ1) is 7.24. The summed E-state index contributed by atoms with van der Waals surface area (Å²) in [6.07, 6.45) is 0.926. The summed E-state index contributed by atoms with van der Waals surface area (Å²) in [5.41, 5.74) is 7.79. The predicted molar refractivity (Wildman–Crippen MR) is 64.1 cm³/mol. The van der Waals surface area contributed by atoms with Crippen LogP contribution in [0.4, 0.5) is 5.69 Å². The van der Waals surface area contributed by atoms with Gasteiger partial charge >= 0.3 is 0 Å². The summed E-state index contributed by atoms with van der Waals surface area (Å²) in [5.74, 6) is 0. The highest BCUT2D eigenvalue weighted by molar-refractivity contribution is 5.45. The molecule has 1 aromatic rings. The van der Waals surface area contributed by atoms with Gasteiger partial charge in [0.2, 0.25) is 0 Å². The first-order valence-electron chi connectivity index (χ1n) is 5.28. The van der Waals surface area contributed by atoms with E-state index in [1.54, 1.807) is 0 Å². The molecule has 0 saturated carbocycles. The van der Waals surface area contributed by atoms with Crippen LogP contribution in [-0.4, -0.2) is 27.2 Å². The second kappa shape index (κ2) is 6.43. The lowest BCUT2D eigenvalue weighted by molar-refractivity contribution is 0.120. The smallest absolute Gasteiger partial charge is 0.0716 e. The minimum atomic E-state index is 0.674. The third-order valence-electron chi connectivity index (χ3n) is 2.21. The Morgan fingerprint density at radius 1 is 1.20 bits per heavy atom. The SMILES string of the molecule is CN(C)c1ccc(COCCCN)cc1. The van der Waals surface area contributed by atoms with E-state index in [4.69, 9.17) is 10.5 Å². The van der Waals surface area contributed by atoms with Crippen LogP contribution in [0.5, 0.6) is 0 Å². The zero-order chi connectivity index (χ0) is 11.1. The number of nitrogens with two attached hydrogens (primary N) is 1. The molecule has 0 aliphatic rings. The molecule has 0 heterocycles. The van der Waals surface area contributed by atoms with E-state index >= 15 is 0 Å². The van der Waals surface area contributed by atoms with Gasteiger partial charge < -0.3 is 15.4 Å². The Morgan fingerprint density at radius 2 is 1.87 bits per heavy atom. The van der Waals surface area contributed by atoms with Crippen LogP contribution in [0.2, 0.25) is 0 Å². The Bertz CT molecular complexity index is 269. The molecule has 0 radical (unpaired) electrons. The molecule has 0 atom stereocenters. The fourth-order valence-corrected chi connectivity index (χ4v) is 1.27. The molecular formula is C12H20N2O. The zero-order valence-electron chi connectivity index (χ0n) is 9.57. The largest absolute Gasteiger partial charge is 0.378 e. The Labute approximate surface area is 91.8 Å². The van der Waals surface area contributed by atoms with Crippen LogP contribution in [0.3, 0.4) is 0 Å². The minimum Gasteiger partial charge on any atom is -0.378 e. The van der Waals surface area contributed by atoms with E-state index in [0.717, 1.165) is 13.0 Å². The van der Waals surface area contributed by atoms with E-state index in [1.165, 1.54) is 11.3 Å². The molecular weight excluding hydrogens is 188 g/mol. The van der Waals surface area contributed by atoms with Crippen molar-refractivity contribution in [2.45, 2.75) is 13.0 Å². The van der Waals surface area contributed by atoms with Crippen LogP contribution in [0, 0.1) is 0 Å². The van der Waals surface area contributed by atoms with Crippen molar-refractivity contribution in [1.82, 2.24) is 0 Å². The maximum absolute atomic E-state index is 5.47. The molecule has 0 fully saturated rings. The van der Waals surface area contributed by atoms with Crippen molar-refractivity contribution >= 4 is 5.69 Å². The standard InChI is InChI=1S/C12H20N2O/c1-14(2)12-6-4-11(5-7-12)10-15-9-3-8-13/h4-7H,3,8-10,13H2,1-2H3. The highest BCUT2D eigenvalue weighted by Gasteiger charge is 1.96. The average Bonchev–Trinajstić information content (AvgIpc) is 2.25. The molecule has 0 saturated heterocycles. The molecule has 2 N–H and O–H groups in total. The summed E-state index contributed by atoms with van der Waals surface area (Å²) in [5, 5.41) is 0. The number of anilines is 1. The van der Waals surface area contributed by atoms with E-state index in [0.29, 0.717) is 13.2 Å². The van der Waals surface area contributed by atoms with Crippen molar-refractivity contribution in [3.8, 4) is 0 Å². The zero-order valence-corrected chi connectivity index (χ0v) is 9.57. The fraction of sp³-hybridized carbons (Fsp3) is 0.500. The lowest BCUT2D eigenvalue weighted by atomic mass is 10.2. The average molecular weight is 208 g/mol. The molecule has 0 aliphatic carbocycles. The van der Waals surface area contributed by atoms with Crippen LogP contribution in [0.25, 0.3) is 0 Å². The van der Waals surface area contributed by atoms with Gasteiger partial charge in [-0.15, -0.1) is 0 Å². The summed E-state index contributed by atoms with van der Waals surface area (Å²) < 4.78 is 5.47. The first kappa shape index (κ1) is 12.0. The normalized spacial score (nSPS) is 10.3. The Balaban J connectivity index is 2.36. The second-order valence-corrected chi connectivity index (χ2v) is 3.76. The Kier molecular flexibility index (Phi) is 5.15. The number of hydrogen-bond donors (Lipinski definition) is 1. The molecule has 84 valence electrons. The monoisotopic (exact) mass is 208 g/mol. The maximum Gasteiger partial charge on any atom is 0.0716 e. The van der Waals surface area contributed by atoms with Crippen LogP contribution >= 0.6 is 0 Å². The molecule has 1 rings (SSSR count). The van der Waals surface area contributed by atoms with E-state index in [-0.39, 0.29) is 0 Å². The van der Waals surface area contributed by atoms with E-state index in [9.17, 15) is 0 Å². The highest BCUT2D eigenvalue weighted by Crippen LogP contribution is 2.12. The second-order valence-electron chi connectivity index (χ2n) is 3.76. The molecule has 3 heteroatoms. The summed E-state index contributed by atoms with van der Waals surface area (Å²) >= 11 is 0. The molecule has 0 aliphatic heterocycles. The molecule has 3 nitrogen and oxygen atoms in total. The first-order valence-corrected chi connectivity index (χ1v) is 5.28. The molecule has 0 bridgehead atoms. The van der Waals surface area contributed by atoms with Gasteiger partial charge in [0.25, 0.3) is 0 Å². The summed E-state index contributed by atoms with van der Waals surface area (Å²) in [6, 6.07) is 8.39. The number of nitrogens with zero attached hydrogens (tertiary/aromatic N) is 1. The molecule has 0 aromatic heterocycles. The minimum absolute atomic E-state index is 0.674. The van der Waals surface area contributed by atoms with Gasteiger partial charge in [-0.05, 0) is 30.7 Å². The lowest BCUT2D eigenvalue weighted by Crippen LogP contribution is -2.08. The van der Waals surface area contributed by atoms with Crippen molar-refractivity contribution in [2.24, 2.45) is 5.73 Å². The van der Waals surface area contributed by atoms with Crippen molar-refractivity contribution in [1.29, 1.82) is 0 Å². The van der Waals surface area contributed by atoms with Gasteiger partial charge in [-0.2, -0.15) is 0 Å². The maximum atomic E-state index is 5.47. The molecule has 0 amide bonds. The Hall–Kier alpha value is -1.06. The molecule has 0 unspecified atom stereocenters. The van der Waals surface area contributed by atoms with Crippen molar-refractivity contribution in [3.63, 3.8) is 0 Å².